The van der Waals surface area contributed by atoms with E-state index < -0.39 is 117 Å². The zero-order valence-corrected chi connectivity index (χ0v) is 78.8. The summed E-state index contributed by atoms with van der Waals surface area (Å²) < 4.78 is 89.2. The Morgan fingerprint density at radius 2 is 0.819 bits per heavy atom. The highest BCUT2D eigenvalue weighted by molar-refractivity contribution is 5.79. The van der Waals surface area contributed by atoms with Crippen LogP contribution in [0.3, 0.4) is 0 Å². The molecule has 7 rings (SSSR count). The maximum atomic E-state index is 14.1. The molecule has 3 saturated carbocycles. The average Bonchev–Trinajstić information content (AvgIpc) is 1.64. The van der Waals surface area contributed by atoms with E-state index in [0.29, 0.717) is 238 Å². The maximum absolute atomic E-state index is 14.1. The second-order valence-corrected chi connectivity index (χ2v) is 38.8. The molecule has 0 bridgehead atoms. The number of carbonyl (C=O) groups is 5. The third-order valence-electron chi connectivity index (χ3n) is 28.3. The molecule has 1 amide bonds. The molecule has 4 aliphatic carbocycles. The summed E-state index contributed by atoms with van der Waals surface area (Å²) in [6.07, 6.45) is 16.6. The number of allylic oxidation sites excluding steroid dienone is 1. The van der Waals surface area contributed by atoms with Crippen LogP contribution in [0.15, 0.2) is 11.6 Å². The minimum absolute atomic E-state index is 0.0220. The number of Topliss-reactive ketones (excluding diaryl/α,β-unsaturated/α-hetero) is 3. The molecule has 6 fully saturated rings. The van der Waals surface area contributed by atoms with Crippen molar-refractivity contribution in [3.8, 4) is 0 Å². The number of aliphatic hydroxyl groups excluding tert-OH is 9. The van der Waals surface area contributed by atoms with E-state index in [1.807, 2.05) is 0 Å². The lowest BCUT2D eigenvalue weighted by Gasteiger charge is -2.58. The normalized spacial score (nSPS) is 30.9. The first-order valence-electron chi connectivity index (χ1n) is 49.3. The van der Waals surface area contributed by atoms with Crippen LogP contribution in [0, 0.1) is 64.1 Å². The Balaban J connectivity index is 0.830. The van der Waals surface area contributed by atoms with Crippen LogP contribution in [-0.2, 0) is 95.0 Å². The van der Waals surface area contributed by atoms with E-state index in [0.717, 1.165) is 55.3 Å². The fourth-order valence-corrected chi connectivity index (χ4v) is 20.3. The highest BCUT2D eigenvalue weighted by Crippen LogP contribution is 2.67. The molecule has 0 aromatic carbocycles. The van der Waals surface area contributed by atoms with Crippen molar-refractivity contribution in [2.24, 2.45) is 64.1 Å². The summed E-state index contributed by atoms with van der Waals surface area (Å²) in [7, 11) is 0. The summed E-state index contributed by atoms with van der Waals surface area (Å²) in [5, 5.41) is 93.3. The van der Waals surface area contributed by atoms with E-state index in [4.69, 9.17) is 71.1 Å². The highest BCUT2D eigenvalue weighted by Gasteiger charge is 2.60. The summed E-state index contributed by atoms with van der Waals surface area (Å²) >= 11 is 0. The van der Waals surface area contributed by atoms with Gasteiger partial charge in [-0.15, -0.1) is 0 Å². The fourth-order valence-electron chi connectivity index (χ4n) is 20.3. The van der Waals surface area contributed by atoms with Crippen molar-refractivity contribution < 1.29 is 141 Å². The molecule has 3 heterocycles. The number of rotatable bonds is 71. The molecule has 30 heteroatoms. The van der Waals surface area contributed by atoms with Crippen LogP contribution in [0.4, 0.5) is 0 Å². The molecule has 7 aliphatic rings. The monoisotopic (exact) mass is 1810 g/mol. The third-order valence-corrected chi connectivity index (χ3v) is 28.3. The summed E-state index contributed by atoms with van der Waals surface area (Å²) in [5.41, 5.74) is 1.00. The first kappa shape index (κ1) is 111. The number of ether oxygens (including phenoxy) is 15. The van der Waals surface area contributed by atoms with Gasteiger partial charge >= 0.3 is 5.97 Å². The van der Waals surface area contributed by atoms with Gasteiger partial charge in [-0.25, -0.2) is 0 Å². The molecule has 0 radical (unpaired) electrons. The number of carbonyl (C=O) groups excluding carboxylic acids is 5. The van der Waals surface area contributed by atoms with Gasteiger partial charge in [-0.1, -0.05) is 86.3 Å². The molecule has 0 spiro atoms. The lowest BCUT2D eigenvalue weighted by Crippen LogP contribution is -2.58. The summed E-state index contributed by atoms with van der Waals surface area (Å²) in [6, 6.07) is 0. The Kier molecular flexibility index (Phi) is 53.2. The lowest BCUT2D eigenvalue weighted by atomic mass is 9.47. The Bertz CT molecular complexity index is 2850. The molecule has 127 heavy (non-hydrogen) atoms. The SMILES string of the molecule is CC(C)CCC[C@@H](C)C1CCC2C3CC=C4C[C@@H](OC(=O)CCCOCCOCCC(=O)NC(COCCCOCCCCC(=O)CCCCOC5OC(CO)C(O)C(O)C5C)(COCCCOCCCCC(=O)CCCCOC5OC(CO)C(O)C(O)C5C)COCCCOCCCCC(=O)CCCCOC5OC(CO)C(O)C(O)C5C)CC[C@]4(C)C3CC[C@@]21C. The van der Waals surface area contributed by atoms with Gasteiger partial charge in [0.1, 0.15) is 65.6 Å². The zero-order valence-electron chi connectivity index (χ0n) is 78.8. The highest BCUT2D eigenvalue weighted by atomic mass is 16.7. The molecule has 3 aliphatic heterocycles. The van der Waals surface area contributed by atoms with Gasteiger partial charge in [0.15, 0.2) is 18.9 Å². The van der Waals surface area contributed by atoms with Gasteiger partial charge < -0.3 is 122 Å². The van der Waals surface area contributed by atoms with E-state index in [9.17, 15) is 69.9 Å². The number of aliphatic hydroxyl groups is 9. The van der Waals surface area contributed by atoms with E-state index in [1.165, 1.54) is 50.5 Å². The number of ketones is 3. The van der Waals surface area contributed by atoms with E-state index in [-0.39, 0.29) is 93.2 Å². The van der Waals surface area contributed by atoms with Crippen LogP contribution in [0.2, 0.25) is 0 Å². The van der Waals surface area contributed by atoms with Crippen molar-refractivity contribution in [3.05, 3.63) is 11.6 Å². The van der Waals surface area contributed by atoms with Crippen LogP contribution < -0.4 is 5.32 Å². The van der Waals surface area contributed by atoms with Crippen molar-refractivity contribution in [2.75, 3.05) is 145 Å². The largest absolute Gasteiger partial charge is 0.462 e. The Morgan fingerprint density at radius 3 is 1.24 bits per heavy atom. The molecule has 23 atom stereocenters. The minimum Gasteiger partial charge on any atom is -0.462 e. The van der Waals surface area contributed by atoms with E-state index >= 15 is 0 Å². The number of unbranched alkanes of at least 4 members (excludes halogenated alkanes) is 6. The van der Waals surface area contributed by atoms with Crippen molar-refractivity contribution in [3.63, 3.8) is 0 Å². The maximum Gasteiger partial charge on any atom is 0.306 e. The molecule has 0 aromatic heterocycles. The van der Waals surface area contributed by atoms with Gasteiger partial charge in [0.2, 0.25) is 5.91 Å². The van der Waals surface area contributed by atoms with Gasteiger partial charge in [0.25, 0.3) is 0 Å². The molecule has 30 nitrogen and oxygen atoms in total. The number of hydrogen-bond donors (Lipinski definition) is 10. The molecule has 19 unspecified atom stereocenters. The predicted octanol–water partition coefficient (Wildman–Crippen LogP) is 10.3. The predicted molar refractivity (Wildman–Crippen MR) is 475 cm³/mol. The quantitative estimate of drug-likeness (QED) is 0.0154. The molecule has 10 N–H and O–H groups in total. The number of esters is 1. The minimum atomic E-state index is -1.20. The van der Waals surface area contributed by atoms with Crippen molar-refractivity contribution in [1.82, 2.24) is 5.32 Å². The van der Waals surface area contributed by atoms with Crippen LogP contribution >= 0.6 is 0 Å². The van der Waals surface area contributed by atoms with E-state index in [1.54, 1.807) is 20.8 Å². The standard InChI is InChI=1S/C97H171NO29/c1-67(2)26-21-27-68(3)78-37-38-79-77-36-35-72-60-76(39-42-95(72,7)80(77)40-43-96(78,79)8)124-85(106)34-22-47-116-58-59-117-57-41-84(105)98-97(64-118-51-23-48-113-44-15-9-28-73(102)31-12-18-54-121-92-69(4)86(107)89(110)81(61-99)125-92,65-119-52-24-49-114-45-16-10-29-74(103)32-13-19-55-122-93-70(5)87(108)90(111)82(62-100)126-93)66-120-53-25-50-115-46-17-11-30-75(104)33-14-20-56-123-94-71(6)88(109)91(112)83(63-101)127-94/h35,67-71,76-83,86-94,99-101,107-112H,9-34,36-66H2,1-8H3,(H,98,105)/t68-,69?,70?,71?,76+,77?,78?,79?,80?,81?,82?,83?,86?,87?,88?,89?,90?,91?,92?,93?,94?,95+,96-,97?/m1/s1. The second-order valence-electron chi connectivity index (χ2n) is 38.8. The second kappa shape index (κ2) is 61.0. The molecular weight excluding hydrogens is 1640 g/mol. The smallest absolute Gasteiger partial charge is 0.306 e. The third kappa shape index (κ3) is 37.8. The fraction of sp³-hybridized carbons (Fsp3) is 0.928. The van der Waals surface area contributed by atoms with Crippen molar-refractivity contribution >= 4 is 29.2 Å². The van der Waals surface area contributed by atoms with Crippen molar-refractivity contribution in [1.29, 1.82) is 0 Å². The average molecular weight is 1820 g/mol. The zero-order chi connectivity index (χ0) is 92.0. The van der Waals surface area contributed by atoms with Gasteiger partial charge in [0, 0.05) is 161 Å². The summed E-state index contributed by atoms with van der Waals surface area (Å²) in [4.78, 5) is 65.6. The number of nitrogens with one attached hydrogen (secondary N) is 1. The van der Waals surface area contributed by atoms with Gasteiger partial charge in [0.05, 0.1) is 77.8 Å². The summed E-state index contributed by atoms with van der Waals surface area (Å²) in [5.74, 6) is 3.14. The number of fused-ring (bicyclic) bond motifs is 5. The molecule has 738 valence electrons. The van der Waals surface area contributed by atoms with Gasteiger partial charge in [-0.05, 0) is 194 Å². The topological polar surface area (TPSA) is 418 Å². The lowest BCUT2D eigenvalue weighted by molar-refractivity contribution is -0.282. The first-order valence-corrected chi connectivity index (χ1v) is 49.3. The number of hydrogen-bond acceptors (Lipinski definition) is 29. The Labute approximate surface area is 758 Å². The molecule has 0 aromatic rings. The van der Waals surface area contributed by atoms with Crippen molar-refractivity contribution in [2.45, 2.75) is 366 Å². The first-order chi connectivity index (χ1) is 61.2. The van der Waals surface area contributed by atoms with E-state index in [2.05, 4.69) is 46.0 Å². The van der Waals surface area contributed by atoms with Crippen LogP contribution in [-0.4, -0.2) is 306 Å². The Hall–Kier alpha value is -3.23. The van der Waals surface area contributed by atoms with Gasteiger partial charge in [-0.3, -0.25) is 24.0 Å². The van der Waals surface area contributed by atoms with Gasteiger partial charge in [-0.2, -0.15) is 0 Å². The van der Waals surface area contributed by atoms with Crippen LogP contribution in [0.25, 0.3) is 0 Å². The van der Waals surface area contributed by atoms with Crippen LogP contribution in [0.1, 0.15) is 280 Å². The molecule has 3 saturated heterocycles. The summed E-state index contributed by atoms with van der Waals surface area (Å²) in [6.45, 7) is 21.7. The Morgan fingerprint density at radius 1 is 0.425 bits per heavy atom. The number of amides is 1. The molecular formula is C97H171NO29. The van der Waals surface area contributed by atoms with Crippen LogP contribution in [0.5, 0.6) is 0 Å².